The van der Waals surface area contributed by atoms with Gasteiger partial charge < -0.3 is 4.74 Å². The number of ether oxygens (including phenoxy) is 1. The Bertz CT molecular complexity index is 377. The normalized spacial score (nSPS) is 11.5. The summed E-state index contributed by atoms with van der Waals surface area (Å²) in [6, 6.07) is 0. The molecular formula is C7H10N4O2S2. The highest BCUT2D eigenvalue weighted by Crippen LogP contribution is 2.15. The molecule has 0 spiro atoms. The topological polar surface area (TPSA) is 90.5 Å². The average Bonchev–Trinajstić information content (AvgIpc) is 2.73. The molecule has 0 amide bonds. The summed E-state index contributed by atoms with van der Waals surface area (Å²) in [4.78, 5) is 15.2. The molecule has 0 aliphatic heterocycles. The van der Waals surface area contributed by atoms with E-state index in [1.54, 1.807) is 0 Å². The fourth-order valence-electron chi connectivity index (χ4n) is 0.778. The van der Waals surface area contributed by atoms with Gasteiger partial charge in [-0.3, -0.25) is 10.1 Å². The third-order valence-electron chi connectivity index (χ3n) is 1.38. The van der Waals surface area contributed by atoms with E-state index in [-0.39, 0.29) is 5.01 Å². The largest absolute Gasteiger partial charge is 0.464 e. The van der Waals surface area contributed by atoms with Crippen molar-refractivity contribution in [3.05, 3.63) is 10.0 Å². The van der Waals surface area contributed by atoms with Gasteiger partial charge in [0.05, 0.1) is 7.11 Å². The predicted molar refractivity (Wildman–Crippen MR) is 60.1 cm³/mol. The van der Waals surface area contributed by atoms with Crippen LogP contribution in [0.2, 0.25) is 0 Å². The number of methoxy groups -OCH3 is 1. The monoisotopic (exact) mass is 246 g/mol. The number of hydrogen-bond acceptors (Lipinski definition) is 8. The van der Waals surface area contributed by atoms with E-state index in [1.807, 2.05) is 6.92 Å². The second-order valence-corrected chi connectivity index (χ2v) is 3.90. The fraction of sp³-hybridized carbons (Fsp3) is 0.429. The van der Waals surface area contributed by atoms with Crippen molar-refractivity contribution in [2.75, 3.05) is 13.7 Å². The standard InChI is InChI=1S/C7H10N4O2S2/c1-3-9-4(15-8)5-10-11-6(14-5)7(12)13-2/h3,8H2,1-2H3. The van der Waals surface area contributed by atoms with E-state index in [1.165, 1.54) is 7.11 Å². The Kier molecular flexibility index (Phi) is 4.66. The summed E-state index contributed by atoms with van der Waals surface area (Å²) < 4.78 is 4.51. The molecule has 0 bridgehead atoms. The van der Waals surface area contributed by atoms with Crippen molar-refractivity contribution in [1.29, 1.82) is 0 Å². The summed E-state index contributed by atoms with van der Waals surface area (Å²) in [5, 5.41) is 14.2. The lowest BCUT2D eigenvalue weighted by molar-refractivity contribution is 0.0599. The Morgan fingerprint density at radius 1 is 1.60 bits per heavy atom. The molecule has 82 valence electrons. The lowest BCUT2D eigenvalue weighted by Gasteiger charge is -1.94. The molecule has 0 aromatic carbocycles. The van der Waals surface area contributed by atoms with Crippen molar-refractivity contribution in [1.82, 2.24) is 10.2 Å². The predicted octanol–water partition coefficient (Wildman–Crippen LogP) is 0.698. The number of carbonyl (C=O) groups is 1. The molecular weight excluding hydrogens is 236 g/mol. The number of esters is 1. The van der Waals surface area contributed by atoms with Gasteiger partial charge in [0.25, 0.3) is 0 Å². The molecule has 0 saturated carbocycles. The van der Waals surface area contributed by atoms with E-state index >= 15 is 0 Å². The van der Waals surface area contributed by atoms with Crippen molar-refractivity contribution in [2.24, 2.45) is 10.1 Å². The smallest absolute Gasteiger partial charge is 0.369 e. The first-order valence-corrected chi connectivity index (χ1v) is 5.75. The van der Waals surface area contributed by atoms with Gasteiger partial charge in [0.2, 0.25) is 5.01 Å². The Morgan fingerprint density at radius 2 is 2.27 bits per heavy atom. The third kappa shape index (κ3) is 2.98. The van der Waals surface area contributed by atoms with Crippen molar-refractivity contribution in [3.63, 3.8) is 0 Å². The van der Waals surface area contributed by atoms with Gasteiger partial charge in [0.1, 0.15) is 5.04 Å². The maximum Gasteiger partial charge on any atom is 0.369 e. The quantitative estimate of drug-likeness (QED) is 0.365. The molecule has 0 aliphatic rings. The molecule has 1 heterocycles. The van der Waals surface area contributed by atoms with Gasteiger partial charge in [-0.15, -0.1) is 10.2 Å². The molecule has 15 heavy (non-hydrogen) atoms. The zero-order valence-corrected chi connectivity index (χ0v) is 9.89. The maximum absolute atomic E-state index is 11.1. The lowest BCUT2D eigenvalue weighted by Crippen LogP contribution is -1.99. The van der Waals surface area contributed by atoms with Gasteiger partial charge in [0.15, 0.2) is 5.01 Å². The van der Waals surface area contributed by atoms with Crippen molar-refractivity contribution >= 4 is 34.3 Å². The maximum atomic E-state index is 11.1. The lowest BCUT2D eigenvalue weighted by atomic mass is 10.7. The molecule has 6 nitrogen and oxygen atoms in total. The first-order chi connectivity index (χ1) is 7.22. The van der Waals surface area contributed by atoms with Gasteiger partial charge in [-0.1, -0.05) is 11.3 Å². The molecule has 2 N–H and O–H groups in total. The van der Waals surface area contributed by atoms with Crippen molar-refractivity contribution in [3.8, 4) is 0 Å². The van der Waals surface area contributed by atoms with Crippen LogP contribution in [0.3, 0.4) is 0 Å². The van der Waals surface area contributed by atoms with Gasteiger partial charge in [0, 0.05) is 6.54 Å². The van der Waals surface area contributed by atoms with Gasteiger partial charge in [-0.05, 0) is 18.9 Å². The van der Waals surface area contributed by atoms with Crippen LogP contribution in [-0.2, 0) is 4.74 Å². The summed E-state index contributed by atoms with van der Waals surface area (Å²) in [6.45, 7) is 2.49. The van der Waals surface area contributed by atoms with Crippen LogP contribution in [0.1, 0.15) is 21.7 Å². The molecule has 0 aliphatic carbocycles. The van der Waals surface area contributed by atoms with E-state index in [4.69, 9.17) is 5.14 Å². The van der Waals surface area contributed by atoms with Crippen molar-refractivity contribution < 1.29 is 9.53 Å². The molecule has 1 rings (SSSR count). The summed E-state index contributed by atoms with van der Waals surface area (Å²) >= 11 is 2.10. The van der Waals surface area contributed by atoms with Gasteiger partial charge in [-0.25, -0.2) is 4.79 Å². The highest BCUT2D eigenvalue weighted by atomic mass is 32.2. The van der Waals surface area contributed by atoms with E-state index in [0.29, 0.717) is 16.6 Å². The molecule has 8 heteroatoms. The molecule has 1 aromatic heterocycles. The number of hydrogen-bond donors (Lipinski definition) is 1. The van der Waals surface area contributed by atoms with Gasteiger partial charge >= 0.3 is 5.97 Å². The zero-order chi connectivity index (χ0) is 11.3. The number of aliphatic imine (C=N–C) groups is 1. The van der Waals surface area contributed by atoms with Crippen molar-refractivity contribution in [2.45, 2.75) is 6.92 Å². The van der Waals surface area contributed by atoms with E-state index in [0.717, 1.165) is 23.3 Å². The number of rotatable bonds is 3. The minimum atomic E-state index is -0.503. The van der Waals surface area contributed by atoms with E-state index in [9.17, 15) is 4.79 Å². The first-order valence-electron chi connectivity index (χ1n) is 4.06. The minimum Gasteiger partial charge on any atom is -0.464 e. The summed E-state index contributed by atoms with van der Waals surface area (Å²) in [6.07, 6.45) is 0. The fourth-order valence-corrected chi connectivity index (χ4v) is 2.06. The van der Waals surface area contributed by atoms with Crippen LogP contribution in [0.5, 0.6) is 0 Å². The van der Waals surface area contributed by atoms with Crippen LogP contribution < -0.4 is 5.14 Å². The minimum absolute atomic E-state index is 0.199. The first kappa shape index (κ1) is 12.1. The van der Waals surface area contributed by atoms with Crippen LogP contribution in [0.25, 0.3) is 0 Å². The SMILES string of the molecule is CCN=C(SN)c1nnc(C(=O)OC)s1. The number of carbonyl (C=O) groups excluding carboxylic acids is 1. The van der Waals surface area contributed by atoms with E-state index < -0.39 is 5.97 Å². The summed E-state index contributed by atoms with van der Waals surface area (Å²) in [7, 11) is 1.29. The van der Waals surface area contributed by atoms with E-state index in [2.05, 4.69) is 19.9 Å². The van der Waals surface area contributed by atoms with Crippen LogP contribution in [-0.4, -0.2) is 34.9 Å². The second-order valence-electron chi connectivity index (χ2n) is 2.30. The molecule has 0 atom stereocenters. The Labute approximate surface area is 95.1 Å². The number of nitrogens with zero attached hydrogens (tertiary/aromatic N) is 3. The van der Waals surface area contributed by atoms with Crippen LogP contribution in [0.15, 0.2) is 4.99 Å². The highest BCUT2D eigenvalue weighted by Gasteiger charge is 2.15. The molecule has 0 fully saturated rings. The molecule has 0 unspecified atom stereocenters. The average molecular weight is 246 g/mol. The highest BCUT2D eigenvalue weighted by molar-refractivity contribution is 8.12. The second kappa shape index (κ2) is 5.79. The van der Waals surface area contributed by atoms with Crippen LogP contribution in [0, 0.1) is 0 Å². The zero-order valence-electron chi connectivity index (χ0n) is 8.26. The molecule has 1 aromatic rings. The third-order valence-corrected chi connectivity index (χ3v) is 2.97. The Balaban J connectivity index is 2.92. The van der Waals surface area contributed by atoms with Gasteiger partial charge in [-0.2, -0.15) is 0 Å². The van der Waals surface area contributed by atoms with Crippen LogP contribution >= 0.6 is 23.3 Å². The summed E-state index contributed by atoms with van der Waals surface area (Å²) in [5.74, 6) is -0.503. The van der Waals surface area contributed by atoms with Crippen LogP contribution in [0.4, 0.5) is 0 Å². The Morgan fingerprint density at radius 3 is 2.80 bits per heavy atom. The Hall–Kier alpha value is -0.990. The molecule has 0 saturated heterocycles. The molecule has 0 radical (unpaired) electrons. The number of nitrogens with two attached hydrogens (primary N) is 1. The number of aromatic nitrogens is 2. The summed E-state index contributed by atoms with van der Waals surface area (Å²) in [5.41, 5.74) is 0.